The summed E-state index contributed by atoms with van der Waals surface area (Å²) in [5, 5.41) is 1.44. The molecule has 2 nitrogen and oxygen atoms in total. The van der Waals surface area contributed by atoms with Crippen molar-refractivity contribution in [3.05, 3.63) is 70.7 Å². The average Bonchev–Trinajstić information content (AvgIpc) is 2.83. The van der Waals surface area contributed by atoms with Crippen molar-refractivity contribution in [2.45, 2.75) is 51.7 Å². The highest BCUT2D eigenvalue weighted by molar-refractivity contribution is 5.86. The number of nitrogens with zero attached hydrogens (tertiary/aromatic N) is 2. The summed E-state index contributed by atoms with van der Waals surface area (Å²) in [6.45, 7) is 4.99. The van der Waals surface area contributed by atoms with E-state index in [0.717, 1.165) is 25.1 Å². The van der Waals surface area contributed by atoms with Gasteiger partial charge in [-0.15, -0.1) is 0 Å². The van der Waals surface area contributed by atoms with E-state index in [0.29, 0.717) is 12.6 Å². The minimum atomic E-state index is -0.0797. The van der Waals surface area contributed by atoms with Gasteiger partial charge in [-0.25, -0.2) is 4.39 Å². The highest BCUT2D eigenvalue weighted by Gasteiger charge is 2.33. The lowest BCUT2D eigenvalue weighted by Gasteiger charge is -2.33. The van der Waals surface area contributed by atoms with Gasteiger partial charge in [-0.2, -0.15) is 0 Å². The van der Waals surface area contributed by atoms with Gasteiger partial charge in [-0.3, -0.25) is 4.90 Å². The summed E-state index contributed by atoms with van der Waals surface area (Å²) >= 11 is 0. The smallest absolute Gasteiger partial charge is 0.127 e. The number of hydrogen-bond acceptors (Lipinski definition) is 1. The summed E-state index contributed by atoms with van der Waals surface area (Å²) < 4.78 is 16.8. The van der Waals surface area contributed by atoms with Crippen LogP contribution in [0.1, 0.15) is 47.7 Å². The van der Waals surface area contributed by atoms with Crippen LogP contribution in [0.3, 0.4) is 0 Å². The van der Waals surface area contributed by atoms with E-state index in [4.69, 9.17) is 0 Å². The molecule has 134 valence electrons. The Morgan fingerprint density at radius 1 is 1.08 bits per heavy atom. The zero-order valence-electron chi connectivity index (χ0n) is 15.3. The van der Waals surface area contributed by atoms with Crippen LogP contribution in [-0.2, 0) is 19.5 Å². The van der Waals surface area contributed by atoms with Crippen LogP contribution in [0.15, 0.2) is 42.5 Å². The van der Waals surface area contributed by atoms with E-state index in [9.17, 15) is 4.39 Å². The van der Waals surface area contributed by atoms with Gasteiger partial charge < -0.3 is 4.57 Å². The molecule has 3 aromatic rings. The first kappa shape index (κ1) is 16.1. The van der Waals surface area contributed by atoms with Gasteiger partial charge >= 0.3 is 0 Å². The first-order valence-electron chi connectivity index (χ1n) is 9.81. The third kappa shape index (κ3) is 2.49. The van der Waals surface area contributed by atoms with Gasteiger partial charge in [0, 0.05) is 41.8 Å². The fraction of sp³-hybridized carbons (Fsp3) is 0.391. The van der Waals surface area contributed by atoms with E-state index in [1.807, 2.05) is 12.1 Å². The Bertz CT molecular complexity index is 968. The van der Waals surface area contributed by atoms with Gasteiger partial charge in [0.15, 0.2) is 0 Å². The predicted octanol–water partition coefficient (Wildman–Crippen LogP) is 5.37. The molecule has 1 aliphatic heterocycles. The number of rotatable bonds is 2. The van der Waals surface area contributed by atoms with E-state index in [2.05, 4.69) is 34.6 Å². The van der Waals surface area contributed by atoms with Crippen LogP contribution in [0.25, 0.3) is 10.9 Å². The van der Waals surface area contributed by atoms with Gasteiger partial charge in [0.25, 0.3) is 0 Å². The highest BCUT2D eigenvalue weighted by Crippen LogP contribution is 2.42. The summed E-state index contributed by atoms with van der Waals surface area (Å²) in [5.41, 5.74) is 6.59. The van der Waals surface area contributed by atoms with Gasteiger partial charge in [-0.05, 0) is 56.4 Å². The Hall–Kier alpha value is -2.13. The van der Waals surface area contributed by atoms with Crippen molar-refractivity contribution in [3.63, 3.8) is 0 Å². The van der Waals surface area contributed by atoms with Crippen LogP contribution in [-0.4, -0.2) is 16.0 Å². The minimum absolute atomic E-state index is 0.0797. The van der Waals surface area contributed by atoms with Crippen LogP contribution < -0.4 is 0 Å². The molecule has 2 heterocycles. The van der Waals surface area contributed by atoms with E-state index < -0.39 is 0 Å². The minimum Gasteiger partial charge on any atom is -0.343 e. The average molecular weight is 348 g/mol. The summed E-state index contributed by atoms with van der Waals surface area (Å²) in [6.07, 6.45) is 4.69. The van der Waals surface area contributed by atoms with Crippen molar-refractivity contribution in [1.29, 1.82) is 0 Å². The molecule has 2 aromatic carbocycles. The van der Waals surface area contributed by atoms with E-state index >= 15 is 0 Å². The van der Waals surface area contributed by atoms with E-state index in [1.54, 1.807) is 17.7 Å². The standard InChI is InChI=1S/C23H25FN2/c1-16-10-11-21-19(14-16)18-7-4-9-22-23(18)26(21)13-5-12-25(22)15-17-6-2-3-8-20(17)24/h2-3,6,8,10-11,14,22H,4-5,7,9,12-13,15H2,1H3/t22-/m1/s1. The number of benzene rings is 2. The second-order valence-corrected chi connectivity index (χ2v) is 7.86. The van der Waals surface area contributed by atoms with Crippen molar-refractivity contribution in [2.75, 3.05) is 6.54 Å². The molecule has 1 aliphatic carbocycles. The molecule has 0 unspecified atom stereocenters. The summed E-state index contributed by atoms with van der Waals surface area (Å²) in [4.78, 5) is 2.52. The lowest BCUT2D eigenvalue weighted by atomic mass is 9.90. The number of fused-ring (bicyclic) bond motifs is 3. The van der Waals surface area contributed by atoms with Crippen molar-refractivity contribution in [3.8, 4) is 0 Å². The molecule has 0 bridgehead atoms. The van der Waals surface area contributed by atoms with Crippen LogP contribution in [0, 0.1) is 12.7 Å². The topological polar surface area (TPSA) is 8.17 Å². The zero-order valence-corrected chi connectivity index (χ0v) is 15.3. The molecule has 26 heavy (non-hydrogen) atoms. The largest absolute Gasteiger partial charge is 0.343 e. The fourth-order valence-electron chi connectivity index (χ4n) is 5.03. The summed E-state index contributed by atoms with van der Waals surface area (Å²) in [6, 6.07) is 14.5. The monoisotopic (exact) mass is 348 g/mol. The molecule has 3 heteroatoms. The van der Waals surface area contributed by atoms with E-state index in [-0.39, 0.29) is 5.82 Å². The van der Waals surface area contributed by atoms with Crippen LogP contribution in [0.2, 0.25) is 0 Å². The molecule has 1 atom stereocenters. The van der Waals surface area contributed by atoms with Crippen LogP contribution >= 0.6 is 0 Å². The second-order valence-electron chi connectivity index (χ2n) is 7.86. The molecule has 0 amide bonds. The number of aromatic nitrogens is 1. The van der Waals surface area contributed by atoms with Crippen molar-refractivity contribution >= 4 is 10.9 Å². The number of hydrogen-bond donors (Lipinski definition) is 0. The molecule has 0 saturated heterocycles. The first-order valence-corrected chi connectivity index (χ1v) is 9.81. The van der Waals surface area contributed by atoms with Gasteiger partial charge in [-0.1, -0.05) is 29.8 Å². The maximum absolute atomic E-state index is 14.2. The van der Waals surface area contributed by atoms with Crippen molar-refractivity contribution in [2.24, 2.45) is 0 Å². The molecular weight excluding hydrogens is 323 g/mol. The predicted molar refractivity (Wildman–Crippen MR) is 104 cm³/mol. The maximum atomic E-state index is 14.2. The Labute approximate surface area is 154 Å². The van der Waals surface area contributed by atoms with E-state index in [1.165, 1.54) is 41.4 Å². The Morgan fingerprint density at radius 2 is 1.96 bits per heavy atom. The normalized spacial score (nSPS) is 20.2. The third-order valence-corrected chi connectivity index (χ3v) is 6.19. The molecular formula is C23H25FN2. The SMILES string of the molecule is Cc1ccc2c(c1)c1c3n2CCCN(Cc2ccccc2F)[C@@H]3CCC1. The van der Waals surface area contributed by atoms with Gasteiger partial charge in [0.05, 0.1) is 6.04 Å². The number of aryl methyl sites for hydroxylation is 3. The molecule has 0 fully saturated rings. The fourth-order valence-corrected chi connectivity index (χ4v) is 5.03. The van der Waals surface area contributed by atoms with Crippen LogP contribution in [0.4, 0.5) is 4.39 Å². The van der Waals surface area contributed by atoms with Gasteiger partial charge in [0.2, 0.25) is 0 Å². The van der Waals surface area contributed by atoms with Crippen molar-refractivity contribution < 1.29 is 4.39 Å². The second kappa shape index (κ2) is 6.24. The molecule has 0 spiro atoms. The maximum Gasteiger partial charge on any atom is 0.127 e. The lowest BCUT2D eigenvalue weighted by Crippen LogP contribution is -2.31. The lowest BCUT2D eigenvalue weighted by molar-refractivity contribution is 0.171. The zero-order chi connectivity index (χ0) is 17.7. The molecule has 1 aromatic heterocycles. The van der Waals surface area contributed by atoms with Crippen molar-refractivity contribution in [1.82, 2.24) is 9.47 Å². The number of halogens is 1. The Morgan fingerprint density at radius 3 is 2.85 bits per heavy atom. The van der Waals surface area contributed by atoms with Gasteiger partial charge in [0.1, 0.15) is 5.82 Å². The third-order valence-electron chi connectivity index (χ3n) is 6.19. The highest BCUT2D eigenvalue weighted by atomic mass is 19.1. The Kier molecular flexibility index (Phi) is 3.86. The molecule has 0 radical (unpaired) electrons. The summed E-state index contributed by atoms with van der Waals surface area (Å²) in [5.74, 6) is -0.0797. The Balaban J connectivity index is 1.61. The molecule has 0 saturated carbocycles. The first-order chi connectivity index (χ1) is 12.7. The molecule has 0 N–H and O–H groups in total. The molecule has 5 rings (SSSR count). The quantitative estimate of drug-likeness (QED) is 0.604. The summed E-state index contributed by atoms with van der Waals surface area (Å²) in [7, 11) is 0. The van der Waals surface area contributed by atoms with Crippen LogP contribution in [0.5, 0.6) is 0 Å². The molecule has 2 aliphatic rings.